The molecular weight excluding hydrogens is 333 g/mol. The van der Waals surface area contributed by atoms with Crippen molar-refractivity contribution in [2.45, 2.75) is 19.2 Å². The fraction of sp³-hybridized carbons (Fsp3) is 0.333. The van der Waals surface area contributed by atoms with Gasteiger partial charge in [0.05, 0.1) is 24.4 Å². The number of pyridine rings is 1. The number of halogens is 3. The summed E-state index contributed by atoms with van der Waals surface area (Å²) in [5.41, 5.74) is 2.29. The number of benzene rings is 1. The zero-order valence-corrected chi connectivity index (χ0v) is 13.6. The second kappa shape index (κ2) is 6.84. The monoisotopic (exact) mass is 350 g/mol. The first-order valence-corrected chi connectivity index (χ1v) is 7.86. The molecule has 0 unspecified atom stereocenters. The molecule has 1 amide bonds. The van der Waals surface area contributed by atoms with Crippen molar-refractivity contribution in [3.05, 3.63) is 53.9 Å². The lowest BCUT2D eigenvalue weighted by Crippen LogP contribution is -2.51. The first-order valence-electron chi connectivity index (χ1n) is 7.86. The van der Waals surface area contributed by atoms with Gasteiger partial charge in [-0.05, 0) is 24.1 Å². The Labute approximate surface area is 143 Å². The highest BCUT2D eigenvalue weighted by Gasteiger charge is 2.44. The van der Waals surface area contributed by atoms with Crippen LogP contribution in [0.5, 0.6) is 0 Å². The third-order valence-corrected chi connectivity index (χ3v) is 4.16. The highest BCUT2D eigenvalue weighted by molar-refractivity contribution is 6.01. The molecule has 1 aliphatic heterocycles. The number of amides is 1. The Bertz CT molecular complexity index is 763. The van der Waals surface area contributed by atoms with Crippen molar-refractivity contribution in [1.29, 1.82) is 0 Å². The lowest BCUT2D eigenvalue weighted by atomic mass is 9.98. The lowest BCUT2D eigenvalue weighted by Gasteiger charge is -2.34. The lowest BCUT2D eigenvalue weighted by molar-refractivity contribution is -0.233. The summed E-state index contributed by atoms with van der Waals surface area (Å²) >= 11 is 0. The highest BCUT2D eigenvalue weighted by Crippen LogP contribution is 2.29. The number of carbonyl (C=O) groups excluding carboxylic acids is 1. The summed E-state index contributed by atoms with van der Waals surface area (Å²) < 4.78 is 43.6. The quantitative estimate of drug-likeness (QED) is 0.833. The molecule has 1 aliphatic rings. The summed E-state index contributed by atoms with van der Waals surface area (Å²) in [5, 5.41) is 0. The van der Waals surface area contributed by atoms with Crippen LogP contribution in [0.2, 0.25) is 0 Å². The largest absolute Gasteiger partial charge is 0.416 e. The van der Waals surface area contributed by atoms with E-state index in [1.54, 1.807) is 19.2 Å². The minimum atomic E-state index is -4.49. The van der Waals surface area contributed by atoms with Gasteiger partial charge in [-0.2, -0.15) is 13.2 Å². The molecule has 7 heteroatoms. The summed E-state index contributed by atoms with van der Waals surface area (Å²) in [7, 11) is 0. The SMILES string of the molecule is Cc1nccc(-c2ccccc2)c1C(=O)N1CCO[C@H](C(F)(F)F)C1. The van der Waals surface area contributed by atoms with Gasteiger partial charge in [0.2, 0.25) is 0 Å². The Kier molecular flexibility index (Phi) is 4.76. The van der Waals surface area contributed by atoms with Gasteiger partial charge in [0.25, 0.3) is 5.91 Å². The molecule has 25 heavy (non-hydrogen) atoms. The zero-order valence-electron chi connectivity index (χ0n) is 13.6. The van der Waals surface area contributed by atoms with Gasteiger partial charge < -0.3 is 9.64 Å². The fourth-order valence-electron chi connectivity index (χ4n) is 2.88. The van der Waals surface area contributed by atoms with E-state index in [0.29, 0.717) is 16.8 Å². The van der Waals surface area contributed by atoms with Crippen LogP contribution in [0.3, 0.4) is 0 Å². The minimum Gasteiger partial charge on any atom is -0.365 e. The Hall–Kier alpha value is -2.41. The second-order valence-electron chi connectivity index (χ2n) is 5.84. The molecule has 2 heterocycles. The second-order valence-corrected chi connectivity index (χ2v) is 5.84. The van der Waals surface area contributed by atoms with Crippen molar-refractivity contribution >= 4 is 5.91 Å². The number of aryl methyl sites for hydroxylation is 1. The molecule has 132 valence electrons. The molecule has 1 saturated heterocycles. The number of rotatable bonds is 2. The molecule has 0 saturated carbocycles. The van der Waals surface area contributed by atoms with Crippen molar-refractivity contribution in [3.8, 4) is 11.1 Å². The predicted molar refractivity (Wildman–Crippen MR) is 86.1 cm³/mol. The average Bonchev–Trinajstić information content (AvgIpc) is 2.61. The number of morpholine rings is 1. The Morgan fingerprint density at radius 1 is 1.24 bits per heavy atom. The first kappa shape index (κ1) is 17.4. The highest BCUT2D eigenvalue weighted by atomic mass is 19.4. The molecule has 3 rings (SSSR count). The van der Waals surface area contributed by atoms with Gasteiger partial charge in [-0.1, -0.05) is 30.3 Å². The third-order valence-electron chi connectivity index (χ3n) is 4.16. The maximum atomic E-state index is 13.0. The summed E-state index contributed by atoms with van der Waals surface area (Å²) in [4.78, 5) is 18.3. The Morgan fingerprint density at radius 2 is 1.96 bits per heavy atom. The van der Waals surface area contributed by atoms with E-state index < -0.39 is 24.7 Å². The molecule has 0 spiro atoms. The fourth-order valence-corrected chi connectivity index (χ4v) is 2.88. The molecule has 1 aromatic carbocycles. The third kappa shape index (κ3) is 3.66. The van der Waals surface area contributed by atoms with E-state index in [-0.39, 0.29) is 13.2 Å². The average molecular weight is 350 g/mol. The maximum absolute atomic E-state index is 13.0. The van der Waals surface area contributed by atoms with Gasteiger partial charge in [0.15, 0.2) is 6.10 Å². The van der Waals surface area contributed by atoms with Gasteiger partial charge in [0.1, 0.15) is 0 Å². The normalized spacial score (nSPS) is 18.2. The number of hydrogen-bond donors (Lipinski definition) is 0. The van der Waals surface area contributed by atoms with E-state index in [0.717, 1.165) is 5.56 Å². The van der Waals surface area contributed by atoms with Crippen molar-refractivity contribution in [3.63, 3.8) is 0 Å². The molecule has 1 atom stereocenters. The molecule has 1 fully saturated rings. The van der Waals surface area contributed by atoms with Crippen molar-refractivity contribution in [1.82, 2.24) is 9.88 Å². The number of aromatic nitrogens is 1. The van der Waals surface area contributed by atoms with Crippen LogP contribution in [-0.2, 0) is 4.74 Å². The first-order chi connectivity index (χ1) is 11.9. The molecule has 4 nitrogen and oxygen atoms in total. The molecular formula is C18H17F3N2O2. The van der Waals surface area contributed by atoms with Gasteiger partial charge in [-0.15, -0.1) is 0 Å². The topological polar surface area (TPSA) is 42.4 Å². The molecule has 0 aliphatic carbocycles. The standard InChI is InChI=1S/C18H17F3N2O2/c1-12-16(14(7-8-22-12)13-5-3-2-4-6-13)17(24)23-9-10-25-15(11-23)18(19,20)21/h2-8,15H,9-11H2,1H3/t15-/m0/s1. The van der Waals surface area contributed by atoms with E-state index >= 15 is 0 Å². The van der Waals surface area contributed by atoms with Crippen LogP contribution in [-0.4, -0.2) is 47.8 Å². The molecule has 0 N–H and O–H groups in total. The summed E-state index contributed by atoms with van der Waals surface area (Å²) in [6.07, 6.45) is -4.86. The van der Waals surface area contributed by atoms with Crippen molar-refractivity contribution < 1.29 is 22.7 Å². The van der Waals surface area contributed by atoms with Gasteiger partial charge in [-0.3, -0.25) is 9.78 Å². The predicted octanol–water partition coefficient (Wildman–Crippen LogP) is 3.46. The number of alkyl halides is 3. The molecule has 2 aromatic rings. The van der Waals surface area contributed by atoms with Crippen LogP contribution in [0.1, 0.15) is 16.1 Å². The van der Waals surface area contributed by atoms with E-state index in [2.05, 4.69) is 4.98 Å². The van der Waals surface area contributed by atoms with E-state index in [9.17, 15) is 18.0 Å². The van der Waals surface area contributed by atoms with Crippen LogP contribution in [0.15, 0.2) is 42.6 Å². The molecule has 0 radical (unpaired) electrons. The van der Waals surface area contributed by atoms with Crippen LogP contribution in [0.25, 0.3) is 11.1 Å². The van der Waals surface area contributed by atoms with Crippen molar-refractivity contribution in [2.24, 2.45) is 0 Å². The van der Waals surface area contributed by atoms with Crippen molar-refractivity contribution in [2.75, 3.05) is 19.7 Å². The Balaban J connectivity index is 1.95. The number of ether oxygens (including phenoxy) is 1. The number of nitrogens with zero attached hydrogens (tertiary/aromatic N) is 2. The van der Waals surface area contributed by atoms with Gasteiger partial charge >= 0.3 is 6.18 Å². The smallest absolute Gasteiger partial charge is 0.365 e. The van der Waals surface area contributed by atoms with E-state index in [1.165, 1.54) is 4.90 Å². The van der Waals surface area contributed by atoms with Gasteiger partial charge in [-0.25, -0.2) is 0 Å². The molecule has 1 aromatic heterocycles. The number of carbonyl (C=O) groups is 1. The summed E-state index contributed by atoms with van der Waals surface area (Å²) in [6, 6.07) is 10.9. The van der Waals surface area contributed by atoms with Crippen LogP contribution < -0.4 is 0 Å². The summed E-state index contributed by atoms with van der Waals surface area (Å²) in [5.74, 6) is -0.456. The van der Waals surface area contributed by atoms with Crippen LogP contribution >= 0.6 is 0 Å². The van der Waals surface area contributed by atoms with Gasteiger partial charge in [0, 0.05) is 12.7 Å². The van der Waals surface area contributed by atoms with E-state index in [4.69, 9.17) is 4.74 Å². The maximum Gasteiger partial charge on any atom is 0.416 e. The van der Waals surface area contributed by atoms with Crippen LogP contribution in [0.4, 0.5) is 13.2 Å². The Morgan fingerprint density at radius 3 is 2.64 bits per heavy atom. The molecule has 0 bridgehead atoms. The summed E-state index contributed by atoms with van der Waals surface area (Å²) in [6.45, 7) is 1.15. The van der Waals surface area contributed by atoms with E-state index in [1.807, 2.05) is 30.3 Å². The minimum absolute atomic E-state index is 0.119. The van der Waals surface area contributed by atoms with Crippen LogP contribution in [0, 0.1) is 6.92 Å². The zero-order chi connectivity index (χ0) is 18.0. The number of hydrogen-bond acceptors (Lipinski definition) is 3.